The molecule has 2 atom stereocenters. The molecule has 2 aliphatic rings. The fourth-order valence-electron chi connectivity index (χ4n) is 2.96. The second kappa shape index (κ2) is 6.53. The van der Waals surface area contributed by atoms with E-state index in [9.17, 15) is 9.59 Å². The second-order valence-electron chi connectivity index (χ2n) is 5.68. The summed E-state index contributed by atoms with van der Waals surface area (Å²) in [6, 6.07) is -0.0794. The van der Waals surface area contributed by atoms with Crippen molar-refractivity contribution in [2.24, 2.45) is 5.92 Å². The van der Waals surface area contributed by atoms with Crippen molar-refractivity contribution in [3.05, 3.63) is 16.6 Å². The van der Waals surface area contributed by atoms with E-state index in [1.54, 1.807) is 10.9 Å². The van der Waals surface area contributed by atoms with Crippen LogP contribution in [0.5, 0.6) is 0 Å². The predicted octanol–water partition coefficient (Wildman–Crippen LogP) is 0.473. The van der Waals surface area contributed by atoms with Crippen molar-refractivity contribution < 1.29 is 9.59 Å². The molecule has 3 rings (SSSR count). The minimum Gasteiger partial charge on any atom is -0.350 e. The van der Waals surface area contributed by atoms with Gasteiger partial charge in [-0.05, 0) is 25.2 Å². The van der Waals surface area contributed by atoms with Gasteiger partial charge in [-0.2, -0.15) is 0 Å². The van der Waals surface area contributed by atoms with E-state index < -0.39 is 0 Å². The van der Waals surface area contributed by atoms with Crippen LogP contribution in [-0.4, -0.2) is 53.9 Å². The quantitative estimate of drug-likeness (QED) is 0.848. The van der Waals surface area contributed by atoms with Crippen molar-refractivity contribution in [2.75, 3.05) is 26.2 Å². The van der Waals surface area contributed by atoms with E-state index in [0.717, 1.165) is 38.9 Å². The van der Waals surface area contributed by atoms with E-state index in [4.69, 9.17) is 0 Å². The van der Waals surface area contributed by atoms with E-state index in [0.29, 0.717) is 18.2 Å². The average molecular weight is 308 g/mol. The summed E-state index contributed by atoms with van der Waals surface area (Å²) in [5.74, 6) is 0.399. The molecule has 21 heavy (non-hydrogen) atoms. The first-order valence-electron chi connectivity index (χ1n) is 7.42. The van der Waals surface area contributed by atoms with Gasteiger partial charge in [0.25, 0.3) is 5.91 Å². The number of aromatic nitrogens is 1. The Bertz CT molecular complexity index is 499. The molecule has 1 aromatic rings. The van der Waals surface area contributed by atoms with Gasteiger partial charge < -0.3 is 15.5 Å². The molecule has 0 aromatic carbocycles. The van der Waals surface area contributed by atoms with Crippen LogP contribution in [0.1, 0.15) is 29.8 Å². The lowest BCUT2D eigenvalue weighted by Crippen LogP contribution is -2.42. The number of likely N-dealkylation sites (tertiary alicyclic amines) is 1. The van der Waals surface area contributed by atoms with E-state index >= 15 is 0 Å². The van der Waals surface area contributed by atoms with E-state index in [1.165, 1.54) is 11.3 Å². The maximum atomic E-state index is 12.3. The number of amides is 2. The zero-order valence-corrected chi connectivity index (χ0v) is 12.7. The minimum atomic E-state index is -0.134. The van der Waals surface area contributed by atoms with Crippen molar-refractivity contribution in [3.63, 3.8) is 0 Å². The Balaban J connectivity index is 1.44. The highest BCUT2D eigenvalue weighted by Gasteiger charge is 2.33. The van der Waals surface area contributed by atoms with Crippen LogP contribution in [0.3, 0.4) is 0 Å². The number of carbonyl (C=O) groups is 2. The summed E-state index contributed by atoms with van der Waals surface area (Å²) >= 11 is 1.41. The molecule has 7 heteroatoms. The summed E-state index contributed by atoms with van der Waals surface area (Å²) < 4.78 is 0. The highest BCUT2D eigenvalue weighted by Crippen LogP contribution is 2.18. The minimum absolute atomic E-state index is 0.0794. The molecule has 2 amide bonds. The van der Waals surface area contributed by atoms with Crippen molar-refractivity contribution in [3.8, 4) is 0 Å². The van der Waals surface area contributed by atoms with Gasteiger partial charge in [0.15, 0.2) is 0 Å². The van der Waals surface area contributed by atoms with E-state index in [2.05, 4.69) is 15.6 Å². The van der Waals surface area contributed by atoms with Gasteiger partial charge in [-0.25, -0.2) is 4.98 Å². The largest absolute Gasteiger partial charge is 0.350 e. The molecule has 2 aliphatic heterocycles. The Morgan fingerprint density at radius 2 is 2.24 bits per heavy atom. The molecule has 0 radical (unpaired) electrons. The van der Waals surface area contributed by atoms with Crippen LogP contribution in [0.15, 0.2) is 10.9 Å². The summed E-state index contributed by atoms with van der Waals surface area (Å²) in [5.41, 5.74) is 2.12. The third-order valence-electron chi connectivity index (χ3n) is 4.15. The molecular formula is C14H20N4O2S. The fourth-order valence-corrected chi connectivity index (χ4v) is 3.49. The molecule has 0 aliphatic carbocycles. The first-order valence-corrected chi connectivity index (χ1v) is 8.37. The molecule has 0 bridgehead atoms. The number of rotatable bonds is 4. The first-order chi connectivity index (χ1) is 10.2. The molecular weight excluding hydrogens is 288 g/mol. The smallest absolute Gasteiger partial charge is 0.270 e. The lowest BCUT2D eigenvalue weighted by atomic mass is 10.0. The van der Waals surface area contributed by atoms with Crippen molar-refractivity contribution in [1.82, 2.24) is 20.5 Å². The summed E-state index contributed by atoms with van der Waals surface area (Å²) in [7, 11) is 0. The van der Waals surface area contributed by atoms with Gasteiger partial charge in [-0.1, -0.05) is 0 Å². The van der Waals surface area contributed by atoms with Crippen LogP contribution in [0.2, 0.25) is 0 Å². The Morgan fingerprint density at radius 3 is 2.95 bits per heavy atom. The van der Waals surface area contributed by atoms with Crippen LogP contribution in [0, 0.1) is 5.92 Å². The predicted molar refractivity (Wildman–Crippen MR) is 80.2 cm³/mol. The van der Waals surface area contributed by atoms with E-state index in [-0.39, 0.29) is 17.9 Å². The normalized spacial score (nSPS) is 25.2. The second-order valence-corrected chi connectivity index (χ2v) is 6.40. The summed E-state index contributed by atoms with van der Waals surface area (Å²) in [6.45, 7) is 3.15. The number of nitrogens with one attached hydrogen (secondary N) is 2. The number of thiazole rings is 1. The molecule has 1 aromatic heterocycles. The lowest BCUT2D eigenvalue weighted by molar-refractivity contribution is -0.132. The maximum Gasteiger partial charge on any atom is 0.270 e. The van der Waals surface area contributed by atoms with E-state index in [1.807, 2.05) is 4.90 Å². The summed E-state index contributed by atoms with van der Waals surface area (Å²) in [4.78, 5) is 30.0. The monoisotopic (exact) mass is 308 g/mol. The molecule has 114 valence electrons. The zero-order chi connectivity index (χ0) is 14.7. The highest BCUT2D eigenvalue weighted by molar-refractivity contribution is 7.07. The van der Waals surface area contributed by atoms with Gasteiger partial charge in [0.05, 0.1) is 11.6 Å². The van der Waals surface area contributed by atoms with Crippen molar-refractivity contribution in [2.45, 2.75) is 25.3 Å². The molecule has 0 spiro atoms. The topological polar surface area (TPSA) is 74.3 Å². The fraction of sp³-hybridized carbons (Fsp3) is 0.643. The molecule has 2 fully saturated rings. The Kier molecular flexibility index (Phi) is 4.50. The third-order valence-corrected chi connectivity index (χ3v) is 4.74. The first kappa shape index (κ1) is 14.5. The molecule has 0 saturated carbocycles. The van der Waals surface area contributed by atoms with Gasteiger partial charge >= 0.3 is 0 Å². The van der Waals surface area contributed by atoms with Crippen LogP contribution >= 0.6 is 11.3 Å². The Hall–Kier alpha value is -1.47. The molecule has 2 N–H and O–H groups in total. The summed E-state index contributed by atoms with van der Waals surface area (Å²) in [5, 5.41) is 7.92. The lowest BCUT2D eigenvalue weighted by Gasteiger charge is -2.19. The number of nitrogens with zero attached hydrogens (tertiary/aromatic N) is 2. The SMILES string of the molecule is O=C(NC[C@@H]1CN[C@H](C(=O)N2CCCC2)C1)c1cscn1. The van der Waals surface area contributed by atoms with Crippen molar-refractivity contribution in [1.29, 1.82) is 0 Å². The zero-order valence-electron chi connectivity index (χ0n) is 11.9. The number of hydrogen-bond donors (Lipinski definition) is 2. The van der Waals surface area contributed by atoms with Gasteiger partial charge in [0, 0.05) is 31.6 Å². The highest BCUT2D eigenvalue weighted by atomic mass is 32.1. The van der Waals surface area contributed by atoms with Crippen LogP contribution in [0.25, 0.3) is 0 Å². The molecule has 0 unspecified atom stereocenters. The third kappa shape index (κ3) is 3.41. The maximum absolute atomic E-state index is 12.3. The van der Waals surface area contributed by atoms with Crippen LogP contribution < -0.4 is 10.6 Å². The van der Waals surface area contributed by atoms with Crippen LogP contribution in [0.4, 0.5) is 0 Å². The van der Waals surface area contributed by atoms with Gasteiger partial charge in [-0.3, -0.25) is 9.59 Å². The standard InChI is InChI=1S/C14H20N4O2S/c19-13(12-8-21-9-17-12)16-7-10-5-11(15-6-10)14(20)18-3-1-2-4-18/h8-11,15H,1-7H2,(H,16,19)/t10-,11-/m0/s1. The number of carbonyl (C=O) groups excluding carboxylic acids is 2. The molecule has 2 saturated heterocycles. The summed E-state index contributed by atoms with van der Waals surface area (Å²) in [6.07, 6.45) is 3.03. The average Bonchev–Trinajstić information content (AvgIpc) is 3.26. The van der Waals surface area contributed by atoms with Gasteiger partial charge in [0.1, 0.15) is 5.69 Å². The van der Waals surface area contributed by atoms with Gasteiger partial charge in [0.2, 0.25) is 5.91 Å². The number of hydrogen-bond acceptors (Lipinski definition) is 5. The Labute approximate surface area is 127 Å². The molecule has 6 nitrogen and oxygen atoms in total. The van der Waals surface area contributed by atoms with Gasteiger partial charge in [-0.15, -0.1) is 11.3 Å². The molecule has 3 heterocycles. The Morgan fingerprint density at radius 1 is 1.43 bits per heavy atom. The van der Waals surface area contributed by atoms with Crippen molar-refractivity contribution >= 4 is 23.2 Å². The van der Waals surface area contributed by atoms with Crippen LogP contribution in [-0.2, 0) is 4.79 Å².